The van der Waals surface area contributed by atoms with Crippen molar-refractivity contribution in [2.45, 2.75) is 13.3 Å². The molecule has 0 unspecified atom stereocenters. The minimum atomic E-state index is -0.494. The molecule has 1 aliphatic heterocycles. The second-order valence-corrected chi connectivity index (χ2v) is 9.06. The summed E-state index contributed by atoms with van der Waals surface area (Å²) in [6.07, 6.45) is 0.128. The summed E-state index contributed by atoms with van der Waals surface area (Å²) in [6.45, 7) is 2.01. The van der Waals surface area contributed by atoms with Gasteiger partial charge in [-0.05, 0) is 48.9 Å². The van der Waals surface area contributed by atoms with Crippen molar-refractivity contribution in [2.75, 3.05) is 28.8 Å². The number of hydrogen-bond acceptors (Lipinski definition) is 5. The fourth-order valence-electron chi connectivity index (χ4n) is 3.74. The Bertz CT molecular complexity index is 1240. The molecule has 3 aromatic rings. The normalized spacial score (nSPS) is 15.0. The molecule has 35 heavy (non-hydrogen) atoms. The first-order valence-corrected chi connectivity index (χ1v) is 11.9. The number of hydrazine groups is 1. The Hall–Kier alpha value is -3.85. The van der Waals surface area contributed by atoms with Crippen LogP contribution in [0.1, 0.15) is 12.0 Å². The van der Waals surface area contributed by atoms with Crippen LogP contribution in [0.3, 0.4) is 0 Å². The number of carbonyl (C=O) groups excluding carboxylic acids is 3. The second kappa shape index (κ2) is 11.1. The molecule has 0 aromatic heterocycles. The zero-order chi connectivity index (χ0) is 24.8. The standard InChI is InChI=1S/C26H25BrN4O4/c1-17-7-5-6-10-21(17)28-24(32)16-35-23-12-11-19(27)14-22(23)29-30-26(34)18-13-25(33)31(15-18)20-8-3-2-4-9-20/h2-12,14,18,29H,13,15-16H2,1H3,(H,28,32)(H,30,34)/t18-/m1/s1. The number of hydrogen-bond donors (Lipinski definition) is 3. The number of rotatable bonds is 8. The van der Waals surface area contributed by atoms with Gasteiger partial charge in [0.2, 0.25) is 11.8 Å². The van der Waals surface area contributed by atoms with Crippen LogP contribution in [0.15, 0.2) is 77.3 Å². The molecule has 0 spiro atoms. The van der Waals surface area contributed by atoms with E-state index in [0.717, 1.165) is 21.4 Å². The van der Waals surface area contributed by atoms with Crippen LogP contribution in [-0.4, -0.2) is 30.9 Å². The first-order valence-electron chi connectivity index (χ1n) is 11.1. The largest absolute Gasteiger partial charge is 0.482 e. The molecule has 3 aromatic carbocycles. The van der Waals surface area contributed by atoms with Gasteiger partial charge in [-0.15, -0.1) is 0 Å². The van der Waals surface area contributed by atoms with Gasteiger partial charge in [0.1, 0.15) is 5.75 Å². The molecule has 3 amide bonds. The van der Waals surface area contributed by atoms with Crippen LogP contribution in [0.25, 0.3) is 0 Å². The van der Waals surface area contributed by atoms with E-state index in [2.05, 4.69) is 32.1 Å². The molecule has 1 atom stereocenters. The second-order valence-electron chi connectivity index (χ2n) is 8.15. The molecule has 8 nitrogen and oxygen atoms in total. The van der Waals surface area contributed by atoms with Gasteiger partial charge in [-0.2, -0.15) is 0 Å². The SMILES string of the molecule is Cc1ccccc1NC(=O)COc1ccc(Br)cc1NNC(=O)[C@@H]1CC(=O)N(c2ccccc2)C1. The van der Waals surface area contributed by atoms with Crippen molar-refractivity contribution in [3.8, 4) is 5.75 Å². The summed E-state index contributed by atoms with van der Waals surface area (Å²) in [6, 6.07) is 21.9. The average Bonchev–Trinajstić information content (AvgIpc) is 3.25. The van der Waals surface area contributed by atoms with Crippen LogP contribution >= 0.6 is 15.9 Å². The van der Waals surface area contributed by atoms with Crippen LogP contribution < -0.4 is 25.8 Å². The van der Waals surface area contributed by atoms with E-state index in [4.69, 9.17) is 4.74 Å². The quantitative estimate of drug-likeness (QED) is 0.373. The van der Waals surface area contributed by atoms with Crippen molar-refractivity contribution in [1.29, 1.82) is 0 Å². The Kier molecular flexibility index (Phi) is 7.67. The van der Waals surface area contributed by atoms with E-state index in [0.29, 0.717) is 18.0 Å². The third-order valence-electron chi connectivity index (χ3n) is 5.60. The predicted molar refractivity (Wildman–Crippen MR) is 138 cm³/mol. The topological polar surface area (TPSA) is 99.8 Å². The van der Waals surface area contributed by atoms with E-state index in [9.17, 15) is 14.4 Å². The minimum Gasteiger partial charge on any atom is -0.482 e. The van der Waals surface area contributed by atoms with Crippen LogP contribution in [0.2, 0.25) is 0 Å². The van der Waals surface area contributed by atoms with Gasteiger partial charge in [0.25, 0.3) is 5.91 Å². The van der Waals surface area contributed by atoms with E-state index < -0.39 is 5.92 Å². The van der Waals surface area contributed by atoms with Crippen molar-refractivity contribution in [3.63, 3.8) is 0 Å². The Balaban J connectivity index is 1.34. The van der Waals surface area contributed by atoms with Gasteiger partial charge in [-0.25, -0.2) is 0 Å². The first kappa shape index (κ1) is 24.3. The number of para-hydroxylation sites is 2. The lowest BCUT2D eigenvalue weighted by Gasteiger charge is -2.18. The molecule has 9 heteroatoms. The lowest BCUT2D eigenvalue weighted by molar-refractivity contribution is -0.125. The number of ether oxygens (including phenoxy) is 1. The van der Waals surface area contributed by atoms with Gasteiger partial charge in [0, 0.05) is 28.8 Å². The lowest BCUT2D eigenvalue weighted by Crippen LogP contribution is -2.36. The maximum Gasteiger partial charge on any atom is 0.262 e. The number of anilines is 3. The van der Waals surface area contributed by atoms with Gasteiger partial charge in [0.05, 0.1) is 11.6 Å². The summed E-state index contributed by atoms with van der Waals surface area (Å²) < 4.78 is 6.47. The molecule has 4 rings (SSSR count). The molecule has 0 saturated carbocycles. The van der Waals surface area contributed by atoms with Gasteiger partial charge >= 0.3 is 0 Å². The highest BCUT2D eigenvalue weighted by molar-refractivity contribution is 9.10. The van der Waals surface area contributed by atoms with Gasteiger partial charge < -0.3 is 15.0 Å². The minimum absolute atomic E-state index is 0.0949. The summed E-state index contributed by atoms with van der Waals surface area (Å²) in [4.78, 5) is 39.2. The predicted octanol–water partition coefficient (Wildman–Crippen LogP) is 4.27. The highest BCUT2D eigenvalue weighted by Crippen LogP contribution is 2.29. The number of benzene rings is 3. The molecule has 1 fully saturated rings. The smallest absolute Gasteiger partial charge is 0.262 e. The summed E-state index contributed by atoms with van der Waals surface area (Å²) in [5.74, 6) is -0.807. The zero-order valence-electron chi connectivity index (χ0n) is 19.1. The first-order chi connectivity index (χ1) is 16.9. The van der Waals surface area contributed by atoms with E-state index in [1.54, 1.807) is 23.1 Å². The van der Waals surface area contributed by atoms with E-state index >= 15 is 0 Å². The average molecular weight is 537 g/mol. The Morgan fingerprint density at radius 3 is 2.54 bits per heavy atom. The van der Waals surface area contributed by atoms with E-state index in [1.165, 1.54) is 0 Å². The summed E-state index contributed by atoms with van der Waals surface area (Å²) in [5.41, 5.74) is 8.45. The maximum absolute atomic E-state index is 12.8. The maximum atomic E-state index is 12.8. The number of aryl methyl sites for hydroxylation is 1. The number of nitrogens with zero attached hydrogens (tertiary/aromatic N) is 1. The fourth-order valence-corrected chi connectivity index (χ4v) is 4.10. The van der Waals surface area contributed by atoms with E-state index in [-0.39, 0.29) is 30.7 Å². The molecule has 0 radical (unpaired) electrons. The Morgan fingerprint density at radius 2 is 1.77 bits per heavy atom. The van der Waals surface area contributed by atoms with Crippen molar-refractivity contribution >= 4 is 50.7 Å². The molecule has 0 aliphatic carbocycles. The summed E-state index contributed by atoms with van der Waals surface area (Å²) >= 11 is 3.40. The Morgan fingerprint density at radius 1 is 1.03 bits per heavy atom. The van der Waals surface area contributed by atoms with Crippen LogP contribution in [0, 0.1) is 12.8 Å². The third-order valence-corrected chi connectivity index (χ3v) is 6.10. The molecule has 1 heterocycles. The highest BCUT2D eigenvalue weighted by Gasteiger charge is 2.35. The zero-order valence-corrected chi connectivity index (χ0v) is 20.7. The third kappa shape index (κ3) is 6.19. The van der Waals surface area contributed by atoms with Crippen molar-refractivity contribution < 1.29 is 19.1 Å². The van der Waals surface area contributed by atoms with Crippen molar-refractivity contribution in [3.05, 3.63) is 82.8 Å². The van der Waals surface area contributed by atoms with Gasteiger partial charge in [-0.3, -0.25) is 25.2 Å². The van der Waals surface area contributed by atoms with Gasteiger partial charge in [-0.1, -0.05) is 52.3 Å². The molecule has 180 valence electrons. The molecule has 3 N–H and O–H groups in total. The van der Waals surface area contributed by atoms with Crippen LogP contribution in [0.4, 0.5) is 17.1 Å². The monoisotopic (exact) mass is 536 g/mol. The van der Waals surface area contributed by atoms with Crippen LogP contribution in [0.5, 0.6) is 5.75 Å². The molecular formula is C26H25BrN4O4. The highest BCUT2D eigenvalue weighted by atomic mass is 79.9. The Labute approximate surface area is 211 Å². The number of nitrogens with one attached hydrogen (secondary N) is 3. The van der Waals surface area contributed by atoms with Crippen molar-refractivity contribution in [1.82, 2.24) is 5.43 Å². The molecule has 1 aliphatic rings. The molecule has 0 bridgehead atoms. The van der Waals surface area contributed by atoms with E-state index in [1.807, 2.05) is 61.5 Å². The van der Waals surface area contributed by atoms with Crippen molar-refractivity contribution in [2.24, 2.45) is 5.92 Å². The fraction of sp³-hybridized carbons (Fsp3) is 0.192. The number of amides is 3. The summed E-state index contributed by atoms with van der Waals surface area (Å²) in [7, 11) is 0. The number of carbonyl (C=O) groups is 3. The van der Waals surface area contributed by atoms with Crippen LogP contribution in [-0.2, 0) is 14.4 Å². The molecular weight excluding hydrogens is 512 g/mol. The molecule has 1 saturated heterocycles. The lowest BCUT2D eigenvalue weighted by atomic mass is 10.1. The summed E-state index contributed by atoms with van der Waals surface area (Å²) in [5, 5.41) is 2.82. The number of halogens is 1. The van der Waals surface area contributed by atoms with Gasteiger partial charge in [0.15, 0.2) is 6.61 Å².